The van der Waals surface area contributed by atoms with Crippen molar-refractivity contribution >= 4 is 28.4 Å². The fraction of sp³-hybridized carbons (Fsp3) is 0.0833. The minimum Gasteiger partial charge on any atom is -0.497 e. The summed E-state index contributed by atoms with van der Waals surface area (Å²) >= 11 is 0. The topological polar surface area (TPSA) is 55.2 Å². The van der Waals surface area contributed by atoms with Crippen LogP contribution in [0.5, 0.6) is 5.75 Å². The molecule has 0 fully saturated rings. The summed E-state index contributed by atoms with van der Waals surface area (Å²) in [5.41, 5.74) is 2.80. The van der Waals surface area contributed by atoms with E-state index in [2.05, 4.69) is 4.98 Å². The van der Waals surface area contributed by atoms with Gasteiger partial charge in [0.2, 0.25) is 0 Å². The molecule has 0 saturated heterocycles. The van der Waals surface area contributed by atoms with Gasteiger partial charge in [0.15, 0.2) is 11.9 Å². The lowest BCUT2D eigenvalue weighted by Crippen LogP contribution is -1.81. The van der Waals surface area contributed by atoms with Crippen molar-refractivity contribution in [2.24, 2.45) is 0 Å². The summed E-state index contributed by atoms with van der Waals surface area (Å²) in [5, 5.41) is 0.948. The lowest BCUT2D eigenvalue weighted by Gasteiger charge is -1.97. The number of aldehydes is 1. The van der Waals surface area contributed by atoms with Crippen LogP contribution in [0.4, 0.5) is 0 Å². The van der Waals surface area contributed by atoms with E-state index >= 15 is 0 Å². The second kappa shape index (κ2) is 3.13. The molecule has 3 aromatic rings. The van der Waals surface area contributed by atoms with Gasteiger partial charge in [0.25, 0.3) is 0 Å². The molecule has 2 aromatic heterocycles. The van der Waals surface area contributed by atoms with E-state index in [0.717, 1.165) is 28.5 Å². The van der Waals surface area contributed by atoms with Gasteiger partial charge < -0.3 is 14.1 Å². The molecule has 2 heterocycles. The van der Waals surface area contributed by atoms with Crippen LogP contribution in [-0.4, -0.2) is 18.4 Å². The number of hydrogen-bond acceptors (Lipinski definition) is 3. The minimum atomic E-state index is 0.520. The van der Waals surface area contributed by atoms with Crippen LogP contribution in [-0.2, 0) is 0 Å². The zero-order valence-corrected chi connectivity index (χ0v) is 8.61. The van der Waals surface area contributed by atoms with Gasteiger partial charge in [-0.15, -0.1) is 0 Å². The molecule has 4 nitrogen and oxygen atoms in total. The highest BCUT2D eigenvalue weighted by Gasteiger charge is 2.10. The molecule has 0 aliphatic rings. The van der Waals surface area contributed by atoms with Gasteiger partial charge in [0, 0.05) is 17.5 Å². The quantitative estimate of drug-likeness (QED) is 0.668. The van der Waals surface area contributed by atoms with Crippen molar-refractivity contribution in [2.45, 2.75) is 0 Å². The molecule has 0 saturated carbocycles. The predicted molar refractivity (Wildman–Crippen MR) is 60.0 cm³/mol. The van der Waals surface area contributed by atoms with Crippen LogP contribution in [0.2, 0.25) is 0 Å². The van der Waals surface area contributed by atoms with Gasteiger partial charge in [-0.05, 0) is 12.1 Å². The summed E-state index contributed by atoms with van der Waals surface area (Å²) in [7, 11) is 1.61. The molecular formula is C12H9NO3. The average molecular weight is 215 g/mol. The Morgan fingerprint density at radius 3 is 2.94 bits per heavy atom. The Morgan fingerprint density at radius 1 is 1.31 bits per heavy atom. The van der Waals surface area contributed by atoms with Crippen molar-refractivity contribution < 1.29 is 13.9 Å². The van der Waals surface area contributed by atoms with Crippen molar-refractivity contribution in [3.8, 4) is 5.75 Å². The van der Waals surface area contributed by atoms with Crippen LogP contribution in [0.15, 0.2) is 28.7 Å². The summed E-state index contributed by atoms with van der Waals surface area (Å²) in [6, 6.07) is 7.28. The summed E-state index contributed by atoms with van der Waals surface area (Å²) in [5.74, 6) is 0.750. The van der Waals surface area contributed by atoms with Crippen molar-refractivity contribution in [1.82, 2.24) is 4.98 Å². The number of nitrogens with one attached hydrogen (secondary N) is 1. The Kier molecular flexibility index (Phi) is 1.77. The van der Waals surface area contributed by atoms with E-state index in [1.165, 1.54) is 0 Å². The monoisotopic (exact) mass is 215 g/mol. The SMILES string of the molecule is COc1ccc2c(c1)oc1cc(C=O)[nH]c12. The Balaban J connectivity index is 2.35. The van der Waals surface area contributed by atoms with E-state index < -0.39 is 0 Å². The normalized spacial score (nSPS) is 11.1. The van der Waals surface area contributed by atoms with Crippen molar-refractivity contribution in [2.75, 3.05) is 7.11 Å². The standard InChI is InChI=1S/C12H9NO3/c1-15-8-2-3-9-10(5-8)16-11-4-7(6-14)13-12(9)11/h2-6,13H,1H3. The molecule has 4 heteroatoms. The molecule has 1 aromatic carbocycles. The number of benzene rings is 1. The third-order valence-corrected chi connectivity index (χ3v) is 2.61. The molecule has 0 unspecified atom stereocenters. The van der Waals surface area contributed by atoms with Crippen LogP contribution >= 0.6 is 0 Å². The lowest BCUT2D eigenvalue weighted by atomic mass is 10.2. The van der Waals surface area contributed by atoms with Crippen molar-refractivity contribution in [3.05, 3.63) is 30.0 Å². The van der Waals surface area contributed by atoms with Crippen molar-refractivity contribution in [3.63, 3.8) is 0 Å². The first-order valence-corrected chi connectivity index (χ1v) is 4.86. The highest BCUT2D eigenvalue weighted by atomic mass is 16.5. The first-order chi connectivity index (χ1) is 7.81. The second-order valence-corrected chi connectivity index (χ2v) is 3.55. The van der Waals surface area contributed by atoms with E-state index in [9.17, 15) is 4.79 Å². The molecule has 0 radical (unpaired) electrons. The van der Waals surface area contributed by atoms with E-state index in [4.69, 9.17) is 9.15 Å². The molecule has 0 atom stereocenters. The van der Waals surface area contributed by atoms with Crippen LogP contribution in [0.25, 0.3) is 22.1 Å². The predicted octanol–water partition coefficient (Wildman–Crippen LogP) is 2.74. The number of furan rings is 1. The van der Waals surface area contributed by atoms with Gasteiger partial charge in [0.1, 0.15) is 11.3 Å². The smallest absolute Gasteiger partial charge is 0.166 e. The van der Waals surface area contributed by atoms with Gasteiger partial charge >= 0.3 is 0 Å². The zero-order valence-electron chi connectivity index (χ0n) is 8.61. The Hall–Kier alpha value is -2.23. The number of aromatic amines is 1. The second-order valence-electron chi connectivity index (χ2n) is 3.55. The Labute approximate surface area is 90.8 Å². The third-order valence-electron chi connectivity index (χ3n) is 2.61. The molecular weight excluding hydrogens is 206 g/mol. The number of carbonyl (C=O) groups is 1. The molecule has 1 N–H and O–H groups in total. The third kappa shape index (κ3) is 1.13. The number of hydrogen-bond donors (Lipinski definition) is 1. The maximum atomic E-state index is 10.6. The summed E-state index contributed by atoms with van der Waals surface area (Å²) < 4.78 is 10.7. The maximum Gasteiger partial charge on any atom is 0.166 e. The number of methoxy groups -OCH3 is 1. The number of carbonyl (C=O) groups excluding carboxylic acids is 1. The van der Waals surface area contributed by atoms with Crippen LogP contribution in [0.1, 0.15) is 10.5 Å². The minimum absolute atomic E-state index is 0.520. The van der Waals surface area contributed by atoms with E-state index in [0.29, 0.717) is 11.3 Å². The first-order valence-electron chi connectivity index (χ1n) is 4.86. The number of aromatic nitrogens is 1. The van der Waals surface area contributed by atoms with Gasteiger partial charge in [-0.3, -0.25) is 4.79 Å². The van der Waals surface area contributed by atoms with E-state index in [1.807, 2.05) is 18.2 Å². The fourth-order valence-electron chi connectivity index (χ4n) is 1.84. The summed E-state index contributed by atoms with van der Waals surface area (Å²) in [6.07, 6.45) is 0.769. The lowest BCUT2D eigenvalue weighted by molar-refractivity contribution is 0.111. The van der Waals surface area contributed by atoms with Crippen LogP contribution in [0, 0.1) is 0 Å². The molecule has 0 spiro atoms. The van der Waals surface area contributed by atoms with E-state index in [1.54, 1.807) is 13.2 Å². The number of H-pyrrole nitrogens is 1. The highest BCUT2D eigenvalue weighted by Crippen LogP contribution is 2.30. The Bertz CT molecular complexity index is 678. The average Bonchev–Trinajstić information content (AvgIpc) is 2.84. The van der Waals surface area contributed by atoms with Crippen molar-refractivity contribution in [1.29, 1.82) is 0 Å². The molecule has 0 amide bonds. The first kappa shape index (κ1) is 9.03. The van der Waals surface area contributed by atoms with Gasteiger partial charge in [-0.2, -0.15) is 0 Å². The number of rotatable bonds is 2. The Morgan fingerprint density at radius 2 is 2.19 bits per heavy atom. The largest absolute Gasteiger partial charge is 0.497 e. The molecule has 80 valence electrons. The van der Waals surface area contributed by atoms with E-state index in [-0.39, 0.29) is 0 Å². The van der Waals surface area contributed by atoms with Crippen LogP contribution in [0.3, 0.4) is 0 Å². The summed E-state index contributed by atoms with van der Waals surface area (Å²) in [6.45, 7) is 0. The zero-order chi connectivity index (χ0) is 11.1. The van der Waals surface area contributed by atoms with Gasteiger partial charge in [-0.25, -0.2) is 0 Å². The number of ether oxygens (including phenoxy) is 1. The number of fused-ring (bicyclic) bond motifs is 3. The van der Waals surface area contributed by atoms with Gasteiger partial charge in [-0.1, -0.05) is 0 Å². The highest BCUT2D eigenvalue weighted by molar-refractivity contribution is 6.04. The molecule has 3 rings (SSSR count). The van der Waals surface area contributed by atoms with Crippen LogP contribution < -0.4 is 4.74 Å². The fourth-order valence-corrected chi connectivity index (χ4v) is 1.84. The summed E-state index contributed by atoms with van der Waals surface area (Å²) in [4.78, 5) is 13.6. The molecule has 0 bridgehead atoms. The van der Waals surface area contributed by atoms with Gasteiger partial charge in [0.05, 0.1) is 18.3 Å². The maximum absolute atomic E-state index is 10.6. The molecule has 0 aliphatic carbocycles. The molecule has 0 aliphatic heterocycles. The molecule has 16 heavy (non-hydrogen) atoms.